The molecule has 0 unspecified atom stereocenters. The number of aryl methyl sites for hydroxylation is 1. The summed E-state index contributed by atoms with van der Waals surface area (Å²) in [6.45, 7) is 8.74. The Morgan fingerprint density at radius 2 is 2.00 bits per heavy atom. The molecule has 0 spiro atoms. The molecule has 2 atom stereocenters. The highest BCUT2D eigenvalue weighted by Crippen LogP contribution is 2.29. The molecule has 0 bridgehead atoms. The Kier molecular flexibility index (Phi) is 5.38. The Bertz CT molecular complexity index is 1120. The van der Waals surface area contributed by atoms with Crippen LogP contribution in [-0.4, -0.2) is 38.5 Å². The molecule has 2 heterocycles. The van der Waals surface area contributed by atoms with E-state index in [-0.39, 0.29) is 0 Å². The molecule has 1 aliphatic heterocycles. The lowest BCUT2D eigenvalue weighted by Gasteiger charge is -2.37. The minimum Gasteiger partial charge on any atom is -0.464 e. The number of fused-ring (bicyclic) bond motifs is 1. The van der Waals surface area contributed by atoms with Gasteiger partial charge >= 0.3 is 0 Å². The summed E-state index contributed by atoms with van der Waals surface area (Å²) >= 11 is 0. The van der Waals surface area contributed by atoms with E-state index in [4.69, 9.17) is 4.42 Å². The van der Waals surface area contributed by atoms with Gasteiger partial charge in [0.15, 0.2) is 0 Å². The molecule has 1 saturated heterocycles. The first kappa shape index (κ1) is 19.9. The van der Waals surface area contributed by atoms with Crippen LogP contribution in [0.2, 0.25) is 0 Å². The van der Waals surface area contributed by atoms with E-state index in [9.17, 15) is 8.42 Å². The van der Waals surface area contributed by atoms with Crippen molar-refractivity contribution in [3.63, 3.8) is 0 Å². The first-order valence-electron chi connectivity index (χ1n) is 9.89. The first-order chi connectivity index (χ1) is 13.8. The lowest BCUT2D eigenvalue weighted by molar-refractivity contribution is 0.139. The molecule has 0 aliphatic carbocycles. The number of piperazine rings is 1. The Balaban J connectivity index is 1.67. The third kappa shape index (κ3) is 4.17. The number of rotatable bonds is 5. The van der Waals surface area contributed by atoms with Crippen LogP contribution in [0.25, 0.3) is 11.0 Å². The second kappa shape index (κ2) is 7.82. The predicted octanol–water partition coefficient (Wildman–Crippen LogP) is 3.72. The number of nitrogens with zero attached hydrogens (tertiary/aromatic N) is 1. The van der Waals surface area contributed by atoms with Crippen molar-refractivity contribution >= 4 is 26.7 Å². The van der Waals surface area contributed by atoms with E-state index < -0.39 is 10.0 Å². The Hall–Kier alpha value is -2.35. The zero-order chi connectivity index (χ0) is 20.6. The molecule has 29 heavy (non-hydrogen) atoms. The van der Waals surface area contributed by atoms with Gasteiger partial charge in [-0.3, -0.25) is 9.62 Å². The van der Waals surface area contributed by atoms with Crippen molar-refractivity contribution in [2.75, 3.05) is 17.8 Å². The van der Waals surface area contributed by atoms with E-state index in [2.05, 4.69) is 28.8 Å². The molecule has 1 aliphatic rings. The maximum Gasteiger partial charge on any atom is 0.262 e. The van der Waals surface area contributed by atoms with E-state index in [1.165, 1.54) is 0 Å². The van der Waals surface area contributed by atoms with Crippen LogP contribution in [0.1, 0.15) is 25.0 Å². The van der Waals surface area contributed by atoms with E-state index in [0.29, 0.717) is 34.8 Å². The zero-order valence-electron chi connectivity index (χ0n) is 17.0. The highest BCUT2D eigenvalue weighted by molar-refractivity contribution is 7.92. The van der Waals surface area contributed by atoms with Gasteiger partial charge < -0.3 is 9.73 Å². The fraction of sp³-hybridized carbons (Fsp3) is 0.364. The average Bonchev–Trinajstić information content (AvgIpc) is 3.13. The lowest BCUT2D eigenvalue weighted by atomic mass is 10.1. The topological polar surface area (TPSA) is 74.6 Å². The average molecular weight is 414 g/mol. The van der Waals surface area contributed by atoms with Crippen LogP contribution in [-0.2, 0) is 16.6 Å². The van der Waals surface area contributed by atoms with Crippen molar-refractivity contribution in [2.45, 2.75) is 44.3 Å². The molecule has 2 N–H and O–H groups in total. The monoisotopic (exact) mass is 413 g/mol. The number of hydrogen-bond acceptors (Lipinski definition) is 5. The van der Waals surface area contributed by atoms with Gasteiger partial charge in [-0.25, -0.2) is 8.42 Å². The third-order valence-electron chi connectivity index (χ3n) is 5.53. The van der Waals surface area contributed by atoms with Crippen LogP contribution in [0.5, 0.6) is 0 Å². The fourth-order valence-corrected chi connectivity index (χ4v) is 5.22. The maximum absolute atomic E-state index is 12.9. The second-order valence-corrected chi connectivity index (χ2v) is 9.58. The van der Waals surface area contributed by atoms with Gasteiger partial charge in [0.05, 0.1) is 16.8 Å². The van der Waals surface area contributed by atoms with Crippen molar-refractivity contribution in [1.29, 1.82) is 0 Å². The summed E-state index contributed by atoms with van der Waals surface area (Å²) in [5.74, 6) is 0. The molecule has 4 rings (SSSR count). The third-order valence-corrected chi connectivity index (χ3v) is 7.07. The summed E-state index contributed by atoms with van der Waals surface area (Å²) in [4.78, 5) is 2.69. The lowest BCUT2D eigenvalue weighted by Crippen LogP contribution is -2.53. The van der Waals surface area contributed by atoms with Crippen LogP contribution in [0, 0.1) is 6.92 Å². The summed E-state index contributed by atoms with van der Waals surface area (Å²) < 4.78 is 34.4. The zero-order valence-corrected chi connectivity index (χ0v) is 17.8. The van der Waals surface area contributed by atoms with Crippen molar-refractivity contribution in [3.05, 3.63) is 59.9 Å². The number of benzene rings is 2. The first-order valence-corrected chi connectivity index (χ1v) is 11.4. The number of nitrogens with one attached hydrogen (secondary N) is 2. The van der Waals surface area contributed by atoms with Gasteiger partial charge in [-0.05, 0) is 50.6 Å². The smallest absolute Gasteiger partial charge is 0.262 e. The van der Waals surface area contributed by atoms with E-state index in [1.54, 1.807) is 31.4 Å². The molecular formula is C22H27N3O3S. The number of furan rings is 1. The molecular weight excluding hydrogens is 386 g/mol. The largest absolute Gasteiger partial charge is 0.464 e. The summed E-state index contributed by atoms with van der Waals surface area (Å²) in [5, 5.41) is 4.38. The molecule has 1 fully saturated rings. The molecule has 0 radical (unpaired) electrons. The van der Waals surface area contributed by atoms with E-state index >= 15 is 0 Å². The minimum absolute atomic E-state index is 0.290. The standard InChI is InChI=1S/C22H27N3O3S/c1-15-6-4-5-7-21(15)29(26,27)24-20-10-18-8-9-28-22(18)19(11-20)14-25-13-16(2)23-12-17(25)3/h4-11,16-17,23-24H,12-14H2,1-3H3/t16-,17+/m0/s1. The second-order valence-electron chi connectivity index (χ2n) is 7.93. The van der Waals surface area contributed by atoms with Gasteiger partial charge in [0.2, 0.25) is 0 Å². The van der Waals surface area contributed by atoms with Gasteiger partial charge in [0, 0.05) is 42.7 Å². The predicted molar refractivity (Wildman–Crippen MR) is 116 cm³/mol. The van der Waals surface area contributed by atoms with Gasteiger partial charge in [-0.15, -0.1) is 0 Å². The van der Waals surface area contributed by atoms with Crippen LogP contribution < -0.4 is 10.0 Å². The summed E-state index contributed by atoms with van der Waals surface area (Å²) in [6.07, 6.45) is 1.65. The number of anilines is 1. The maximum atomic E-state index is 12.9. The van der Waals surface area contributed by atoms with Gasteiger partial charge in [0.25, 0.3) is 10.0 Å². The molecule has 3 aromatic rings. The van der Waals surface area contributed by atoms with Crippen LogP contribution in [0.4, 0.5) is 5.69 Å². The Labute approximate surface area is 171 Å². The van der Waals surface area contributed by atoms with Crippen LogP contribution >= 0.6 is 0 Å². The molecule has 0 saturated carbocycles. The summed E-state index contributed by atoms with van der Waals surface area (Å²) in [6, 6.07) is 13.4. The molecule has 154 valence electrons. The van der Waals surface area contributed by atoms with Crippen molar-refractivity contribution in [1.82, 2.24) is 10.2 Å². The van der Waals surface area contributed by atoms with Crippen molar-refractivity contribution in [3.8, 4) is 0 Å². The normalized spacial score (nSPS) is 20.8. The highest BCUT2D eigenvalue weighted by Gasteiger charge is 2.24. The number of hydrogen-bond donors (Lipinski definition) is 2. The fourth-order valence-electron chi connectivity index (χ4n) is 3.94. The minimum atomic E-state index is -3.67. The SMILES string of the molecule is Cc1ccccc1S(=O)(=O)Nc1cc(CN2C[C@H](C)NC[C@H]2C)c2occc2c1. The van der Waals surface area contributed by atoms with Crippen LogP contribution in [0.3, 0.4) is 0 Å². The van der Waals surface area contributed by atoms with Gasteiger partial charge in [-0.1, -0.05) is 18.2 Å². The molecule has 0 amide bonds. The number of sulfonamides is 1. The Morgan fingerprint density at radius 1 is 1.21 bits per heavy atom. The molecule has 6 nitrogen and oxygen atoms in total. The molecule has 2 aromatic carbocycles. The van der Waals surface area contributed by atoms with E-state index in [0.717, 1.165) is 29.6 Å². The quantitative estimate of drug-likeness (QED) is 0.667. The summed E-state index contributed by atoms with van der Waals surface area (Å²) in [7, 11) is -3.67. The van der Waals surface area contributed by atoms with Crippen molar-refractivity contribution < 1.29 is 12.8 Å². The molecule has 1 aromatic heterocycles. The molecule has 7 heteroatoms. The van der Waals surface area contributed by atoms with Crippen molar-refractivity contribution in [2.24, 2.45) is 0 Å². The van der Waals surface area contributed by atoms with Gasteiger partial charge in [0.1, 0.15) is 5.58 Å². The van der Waals surface area contributed by atoms with Crippen LogP contribution in [0.15, 0.2) is 58.0 Å². The highest BCUT2D eigenvalue weighted by atomic mass is 32.2. The Morgan fingerprint density at radius 3 is 2.79 bits per heavy atom. The van der Waals surface area contributed by atoms with Gasteiger partial charge in [-0.2, -0.15) is 0 Å². The summed E-state index contributed by atoms with van der Waals surface area (Å²) in [5.41, 5.74) is 3.05. The van der Waals surface area contributed by atoms with E-state index in [1.807, 2.05) is 24.3 Å².